The molecule has 2 rings (SSSR count). The van der Waals surface area contributed by atoms with Crippen LogP contribution in [0.25, 0.3) is 11.0 Å². The summed E-state index contributed by atoms with van der Waals surface area (Å²) >= 11 is 0. The molecule has 0 radical (unpaired) electrons. The highest BCUT2D eigenvalue weighted by Crippen LogP contribution is 2.22. The minimum atomic E-state index is -0.821. The van der Waals surface area contributed by atoms with Crippen LogP contribution in [0.15, 0.2) is 34.7 Å². The van der Waals surface area contributed by atoms with Crippen molar-refractivity contribution in [3.63, 3.8) is 0 Å². The summed E-state index contributed by atoms with van der Waals surface area (Å²) in [5.41, 5.74) is 0.801. The molecule has 4 heteroatoms. The van der Waals surface area contributed by atoms with Crippen LogP contribution in [0.3, 0.4) is 0 Å². The largest absolute Gasteiger partial charge is 0.481 e. The van der Waals surface area contributed by atoms with Crippen LogP contribution in [0.4, 0.5) is 5.88 Å². The van der Waals surface area contributed by atoms with Gasteiger partial charge in [-0.2, -0.15) is 0 Å². The lowest BCUT2D eigenvalue weighted by molar-refractivity contribution is -0.136. The smallest absolute Gasteiger partial charge is 0.305 e. The number of benzene rings is 1. The Morgan fingerprint density at radius 3 is 2.93 bits per heavy atom. The molecular formula is C11H11NO3. The van der Waals surface area contributed by atoms with Crippen molar-refractivity contribution in [2.45, 2.75) is 6.42 Å². The number of aliphatic carboxylic acids is 1. The molecule has 1 aromatic heterocycles. The van der Waals surface area contributed by atoms with E-state index in [1.807, 2.05) is 30.3 Å². The van der Waals surface area contributed by atoms with Gasteiger partial charge in [-0.05, 0) is 6.07 Å². The summed E-state index contributed by atoms with van der Waals surface area (Å²) in [6, 6.07) is 9.50. The molecule has 78 valence electrons. The zero-order valence-electron chi connectivity index (χ0n) is 8.06. The monoisotopic (exact) mass is 205 g/mol. The van der Waals surface area contributed by atoms with E-state index in [-0.39, 0.29) is 6.42 Å². The number of fused-ring (bicyclic) bond motifs is 1. The molecule has 4 nitrogen and oxygen atoms in total. The summed E-state index contributed by atoms with van der Waals surface area (Å²) in [6.07, 6.45) is 0.0804. The Bertz CT molecular complexity index is 442. The number of nitrogens with one attached hydrogen (secondary N) is 1. The molecule has 1 heterocycles. The zero-order valence-corrected chi connectivity index (χ0v) is 8.06. The van der Waals surface area contributed by atoms with Gasteiger partial charge in [-0.3, -0.25) is 4.79 Å². The number of carboxylic acids is 1. The number of hydrogen-bond acceptors (Lipinski definition) is 3. The average molecular weight is 205 g/mol. The summed E-state index contributed by atoms with van der Waals surface area (Å²) in [5.74, 6) is -0.212. The summed E-state index contributed by atoms with van der Waals surface area (Å²) in [6.45, 7) is 0.370. The van der Waals surface area contributed by atoms with Gasteiger partial charge in [0.05, 0.1) is 6.42 Å². The Labute approximate surface area is 86.5 Å². The van der Waals surface area contributed by atoms with Crippen molar-refractivity contribution >= 4 is 22.8 Å². The lowest BCUT2D eigenvalue weighted by Gasteiger charge is -1.97. The molecule has 0 aliphatic carbocycles. The SMILES string of the molecule is O=C(O)CCNc1cc2ccccc2o1. The number of rotatable bonds is 4. The van der Waals surface area contributed by atoms with E-state index < -0.39 is 5.97 Å². The first kappa shape index (κ1) is 9.58. The minimum Gasteiger partial charge on any atom is -0.481 e. The molecule has 2 N–H and O–H groups in total. The normalized spacial score (nSPS) is 10.4. The fourth-order valence-corrected chi connectivity index (χ4v) is 1.36. The molecule has 0 unspecified atom stereocenters. The topological polar surface area (TPSA) is 62.5 Å². The molecular weight excluding hydrogens is 194 g/mol. The lowest BCUT2D eigenvalue weighted by atomic mass is 10.3. The maximum atomic E-state index is 10.3. The average Bonchev–Trinajstić information content (AvgIpc) is 2.59. The van der Waals surface area contributed by atoms with Crippen LogP contribution in [0, 0.1) is 0 Å². The van der Waals surface area contributed by atoms with E-state index in [4.69, 9.17) is 9.52 Å². The van der Waals surface area contributed by atoms with Gasteiger partial charge in [-0.15, -0.1) is 0 Å². The maximum Gasteiger partial charge on any atom is 0.305 e. The molecule has 0 aliphatic rings. The molecule has 0 fully saturated rings. The second kappa shape index (κ2) is 4.04. The van der Waals surface area contributed by atoms with Crippen molar-refractivity contribution in [3.05, 3.63) is 30.3 Å². The second-order valence-corrected chi connectivity index (χ2v) is 3.22. The van der Waals surface area contributed by atoms with Crippen molar-refractivity contribution in [1.29, 1.82) is 0 Å². The quantitative estimate of drug-likeness (QED) is 0.804. The van der Waals surface area contributed by atoms with E-state index in [1.165, 1.54) is 0 Å². The number of carboxylic acid groups (broad SMARTS) is 1. The molecule has 0 aliphatic heterocycles. The highest BCUT2D eigenvalue weighted by Gasteiger charge is 2.02. The van der Waals surface area contributed by atoms with Gasteiger partial charge in [0.15, 0.2) is 5.88 Å². The van der Waals surface area contributed by atoms with Crippen LogP contribution >= 0.6 is 0 Å². The van der Waals surface area contributed by atoms with Crippen molar-refractivity contribution in [3.8, 4) is 0 Å². The maximum absolute atomic E-state index is 10.3. The molecule has 0 amide bonds. The molecule has 0 atom stereocenters. The Kier molecular flexibility index (Phi) is 2.58. The van der Waals surface area contributed by atoms with Gasteiger partial charge in [0, 0.05) is 18.0 Å². The van der Waals surface area contributed by atoms with E-state index in [0.717, 1.165) is 11.0 Å². The van der Waals surface area contributed by atoms with E-state index in [2.05, 4.69) is 5.32 Å². The van der Waals surface area contributed by atoms with Crippen LogP contribution in [0.5, 0.6) is 0 Å². The third kappa shape index (κ3) is 2.28. The predicted molar refractivity (Wildman–Crippen MR) is 57.0 cm³/mol. The van der Waals surface area contributed by atoms with Crippen molar-refractivity contribution in [2.24, 2.45) is 0 Å². The van der Waals surface area contributed by atoms with Gasteiger partial charge in [0.1, 0.15) is 5.58 Å². The van der Waals surface area contributed by atoms with Crippen molar-refractivity contribution < 1.29 is 14.3 Å². The van der Waals surface area contributed by atoms with Crippen LogP contribution < -0.4 is 5.32 Å². The first-order valence-electron chi connectivity index (χ1n) is 4.70. The fourth-order valence-electron chi connectivity index (χ4n) is 1.36. The number of hydrogen-bond donors (Lipinski definition) is 2. The molecule has 0 saturated heterocycles. The molecule has 15 heavy (non-hydrogen) atoms. The highest BCUT2D eigenvalue weighted by molar-refractivity contribution is 5.80. The molecule has 0 saturated carbocycles. The fraction of sp³-hybridized carbons (Fsp3) is 0.182. The Balaban J connectivity index is 2.05. The van der Waals surface area contributed by atoms with Gasteiger partial charge >= 0.3 is 5.97 Å². The summed E-state index contributed by atoms with van der Waals surface area (Å²) < 4.78 is 5.45. The molecule has 0 spiro atoms. The molecule has 0 bridgehead atoms. The van der Waals surface area contributed by atoms with Gasteiger partial charge in [0.2, 0.25) is 0 Å². The number of carbonyl (C=O) groups is 1. The van der Waals surface area contributed by atoms with Crippen LogP contribution in [-0.2, 0) is 4.79 Å². The third-order valence-corrected chi connectivity index (χ3v) is 2.06. The van der Waals surface area contributed by atoms with Gasteiger partial charge in [-0.1, -0.05) is 18.2 Å². The standard InChI is InChI=1S/C11H11NO3/c13-11(14)5-6-12-10-7-8-3-1-2-4-9(8)15-10/h1-4,7,12H,5-6H2,(H,13,14). The van der Waals surface area contributed by atoms with Crippen molar-refractivity contribution in [2.75, 3.05) is 11.9 Å². The van der Waals surface area contributed by atoms with E-state index in [0.29, 0.717) is 12.4 Å². The molecule has 1 aromatic carbocycles. The highest BCUT2D eigenvalue weighted by atomic mass is 16.4. The van der Waals surface area contributed by atoms with Gasteiger partial charge in [0.25, 0.3) is 0 Å². The van der Waals surface area contributed by atoms with E-state index >= 15 is 0 Å². The van der Waals surface area contributed by atoms with Crippen molar-refractivity contribution in [1.82, 2.24) is 0 Å². The summed E-state index contributed by atoms with van der Waals surface area (Å²) in [4.78, 5) is 10.3. The predicted octanol–water partition coefficient (Wildman–Crippen LogP) is 2.32. The van der Waals surface area contributed by atoms with Crippen LogP contribution in [0.1, 0.15) is 6.42 Å². The summed E-state index contributed by atoms with van der Waals surface area (Å²) in [7, 11) is 0. The van der Waals surface area contributed by atoms with Crippen LogP contribution in [-0.4, -0.2) is 17.6 Å². The van der Waals surface area contributed by atoms with Gasteiger partial charge < -0.3 is 14.8 Å². The summed E-state index contributed by atoms with van der Waals surface area (Å²) in [5, 5.41) is 12.4. The zero-order chi connectivity index (χ0) is 10.7. The first-order chi connectivity index (χ1) is 7.25. The van der Waals surface area contributed by atoms with E-state index in [9.17, 15) is 4.79 Å². The first-order valence-corrected chi connectivity index (χ1v) is 4.70. The number of furan rings is 1. The number of anilines is 1. The Morgan fingerprint density at radius 1 is 1.40 bits per heavy atom. The third-order valence-electron chi connectivity index (χ3n) is 2.06. The Morgan fingerprint density at radius 2 is 2.20 bits per heavy atom. The molecule has 2 aromatic rings. The van der Waals surface area contributed by atoms with E-state index in [1.54, 1.807) is 0 Å². The minimum absolute atomic E-state index is 0.0804. The number of para-hydroxylation sites is 1. The van der Waals surface area contributed by atoms with Gasteiger partial charge in [-0.25, -0.2) is 0 Å². The van der Waals surface area contributed by atoms with Crippen LogP contribution in [0.2, 0.25) is 0 Å². The lowest BCUT2D eigenvalue weighted by Crippen LogP contribution is -2.06. The second-order valence-electron chi connectivity index (χ2n) is 3.22. The Hall–Kier alpha value is -1.97.